The molecule has 0 aromatic rings. The zero-order valence-corrected chi connectivity index (χ0v) is 10.5. The van der Waals surface area contributed by atoms with E-state index in [0.717, 1.165) is 25.7 Å². The average Bonchev–Trinajstić information content (AvgIpc) is 2.24. The highest BCUT2D eigenvalue weighted by atomic mass is 16.4. The van der Waals surface area contributed by atoms with Crippen LogP contribution in [0.1, 0.15) is 52.9 Å². The van der Waals surface area contributed by atoms with Crippen molar-refractivity contribution in [2.45, 2.75) is 52.9 Å². The number of allylic oxidation sites excluding steroid dienone is 2. The van der Waals surface area contributed by atoms with Gasteiger partial charge in [0.15, 0.2) is 0 Å². The summed E-state index contributed by atoms with van der Waals surface area (Å²) in [7, 11) is 0. The van der Waals surface area contributed by atoms with Gasteiger partial charge in [0.25, 0.3) is 0 Å². The van der Waals surface area contributed by atoms with Gasteiger partial charge in [0, 0.05) is 0 Å². The lowest BCUT2D eigenvalue weighted by atomic mass is 9.55. The SMILES string of the molecule is CC1=C(C)C2(C)CCCC(C(=O)O)C2CC1. The van der Waals surface area contributed by atoms with Gasteiger partial charge in [0.05, 0.1) is 5.92 Å². The van der Waals surface area contributed by atoms with Crippen molar-refractivity contribution in [3.8, 4) is 0 Å². The summed E-state index contributed by atoms with van der Waals surface area (Å²) in [6, 6.07) is 0. The van der Waals surface area contributed by atoms with Crippen molar-refractivity contribution in [2.75, 3.05) is 0 Å². The second kappa shape index (κ2) is 3.90. The highest BCUT2D eigenvalue weighted by Crippen LogP contribution is 2.54. The molecule has 0 amide bonds. The van der Waals surface area contributed by atoms with Crippen LogP contribution in [-0.2, 0) is 4.79 Å². The summed E-state index contributed by atoms with van der Waals surface area (Å²) < 4.78 is 0. The second-order valence-electron chi connectivity index (χ2n) is 5.80. The molecule has 0 aliphatic heterocycles. The van der Waals surface area contributed by atoms with Gasteiger partial charge in [-0.05, 0) is 50.9 Å². The fraction of sp³-hybridized carbons (Fsp3) is 0.786. The molecular weight excluding hydrogens is 200 g/mol. The van der Waals surface area contributed by atoms with Gasteiger partial charge in [-0.1, -0.05) is 24.5 Å². The Hall–Kier alpha value is -0.790. The largest absolute Gasteiger partial charge is 0.481 e. The number of hydrogen-bond donors (Lipinski definition) is 1. The summed E-state index contributed by atoms with van der Waals surface area (Å²) >= 11 is 0. The van der Waals surface area contributed by atoms with Crippen molar-refractivity contribution >= 4 is 5.97 Å². The Morgan fingerprint density at radius 2 is 2.06 bits per heavy atom. The molecule has 16 heavy (non-hydrogen) atoms. The van der Waals surface area contributed by atoms with E-state index in [9.17, 15) is 9.90 Å². The molecule has 0 aromatic carbocycles. The van der Waals surface area contributed by atoms with Crippen LogP contribution in [0.3, 0.4) is 0 Å². The maximum Gasteiger partial charge on any atom is 0.306 e. The summed E-state index contributed by atoms with van der Waals surface area (Å²) in [4.78, 5) is 11.3. The summed E-state index contributed by atoms with van der Waals surface area (Å²) in [5.41, 5.74) is 3.11. The van der Waals surface area contributed by atoms with E-state index in [1.165, 1.54) is 17.6 Å². The smallest absolute Gasteiger partial charge is 0.306 e. The molecule has 3 atom stereocenters. The first kappa shape index (κ1) is 11.7. The normalized spacial score (nSPS) is 39.4. The monoisotopic (exact) mass is 222 g/mol. The van der Waals surface area contributed by atoms with E-state index in [0.29, 0.717) is 5.92 Å². The third kappa shape index (κ3) is 1.59. The Labute approximate surface area is 97.7 Å². The van der Waals surface area contributed by atoms with Crippen LogP contribution in [0.15, 0.2) is 11.1 Å². The maximum absolute atomic E-state index is 11.3. The Balaban J connectivity index is 2.37. The number of carboxylic acid groups (broad SMARTS) is 1. The quantitative estimate of drug-likeness (QED) is 0.688. The Morgan fingerprint density at radius 3 is 2.69 bits per heavy atom. The predicted octanol–water partition coefficient (Wildman–Crippen LogP) is 3.62. The van der Waals surface area contributed by atoms with Crippen molar-refractivity contribution in [3.05, 3.63) is 11.1 Å². The Bertz CT molecular complexity index is 343. The van der Waals surface area contributed by atoms with Crippen molar-refractivity contribution in [1.82, 2.24) is 0 Å². The fourth-order valence-corrected chi connectivity index (χ4v) is 3.85. The van der Waals surface area contributed by atoms with Crippen LogP contribution in [0, 0.1) is 17.3 Å². The van der Waals surface area contributed by atoms with Crippen LogP contribution in [-0.4, -0.2) is 11.1 Å². The first-order valence-corrected chi connectivity index (χ1v) is 6.36. The Morgan fingerprint density at radius 1 is 1.38 bits per heavy atom. The van der Waals surface area contributed by atoms with Gasteiger partial charge < -0.3 is 5.11 Å². The number of aliphatic carboxylic acids is 1. The summed E-state index contributed by atoms with van der Waals surface area (Å²) in [5, 5.41) is 9.33. The first-order chi connectivity index (χ1) is 7.47. The molecule has 0 radical (unpaired) electrons. The van der Waals surface area contributed by atoms with Crippen LogP contribution in [0.25, 0.3) is 0 Å². The number of hydrogen-bond acceptors (Lipinski definition) is 1. The third-order valence-electron chi connectivity index (χ3n) is 5.16. The molecule has 1 fully saturated rings. The van der Waals surface area contributed by atoms with Crippen molar-refractivity contribution in [1.29, 1.82) is 0 Å². The van der Waals surface area contributed by atoms with E-state index in [4.69, 9.17) is 0 Å². The molecule has 2 heteroatoms. The van der Waals surface area contributed by atoms with Gasteiger partial charge in [0.1, 0.15) is 0 Å². The zero-order chi connectivity index (χ0) is 11.9. The van der Waals surface area contributed by atoms with E-state index in [-0.39, 0.29) is 11.3 Å². The second-order valence-corrected chi connectivity index (χ2v) is 5.80. The van der Waals surface area contributed by atoms with Crippen LogP contribution < -0.4 is 0 Å². The molecule has 90 valence electrons. The van der Waals surface area contributed by atoms with Crippen molar-refractivity contribution in [3.63, 3.8) is 0 Å². The number of carbonyl (C=O) groups is 1. The maximum atomic E-state index is 11.3. The van der Waals surface area contributed by atoms with Crippen LogP contribution in [0.4, 0.5) is 0 Å². The molecule has 1 N–H and O–H groups in total. The molecule has 0 aromatic heterocycles. The minimum atomic E-state index is -0.580. The van der Waals surface area contributed by atoms with Crippen LogP contribution in [0.2, 0.25) is 0 Å². The fourth-order valence-electron chi connectivity index (χ4n) is 3.85. The standard InChI is InChI=1S/C14H22O2/c1-9-6-7-12-11(13(15)16)5-4-8-14(12,3)10(9)2/h11-12H,4-8H2,1-3H3,(H,15,16). The summed E-state index contributed by atoms with van der Waals surface area (Å²) in [5.74, 6) is -0.326. The summed E-state index contributed by atoms with van der Waals surface area (Å²) in [6.07, 6.45) is 5.27. The molecule has 0 spiro atoms. The number of fused-ring (bicyclic) bond motifs is 1. The highest BCUT2D eigenvalue weighted by Gasteiger charge is 2.47. The first-order valence-electron chi connectivity index (χ1n) is 6.36. The number of rotatable bonds is 1. The average molecular weight is 222 g/mol. The van der Waals surface area contributed by atoms with Gasteiger partial charge in [0.2, 0.25) is 0 Å². The van der Waals surface area contributed by atoms with Gasteiger partial charge in [-0.25, -0.2) is 0 Å². The molecule has 0 heterocycles. The van der Waals surface area contributed by atoms with E-state index in [2.05, 4.69) is 20.8 Å². The zero-order valence-electron chi connectivity index (χ0n) is 10.5. The molecule has 1 saturated carbocycles. The molecule has 0 saturated heterocycles. The van der Waals surface area contributed by atoms with Gasteiger partial charge in [-0.15, -0.1) is 0 Å². The minimum Gasteiger partial charge on any atom is -0.481 e. The lowest BCUT2D eigenvalue weighted by molar-refractivity contribution is -0.147. The van der Waals surface area contributed by atoms with Gasteiger partial charge in [-0.3, -0.25) is 4.79 Å². The van der Waals surface area contributed by atoms with Gasteiger partial charge in [-0.2, -0.15) is 0 Å². The van der Waals surface area contributed by atoms with Crippen molar-refractivity contribution in [2.24, 2.45) is 17.3 Å². The predicted molar refractivity (Wildman–Crippen MR) is 64.2 cm³/mol. The molecule has 2 nitrogen and oxygen atoms in total. The van der Waals surface area contributed by atoms with Gasteiger partial charge >= 0.3 is 5.97 Å². The Kier molecular flexibility index (Phi) is 2.85. The van der Waals surface area contributed by atoms with Crippen LogP contribution >= 0.6 is 0 Å². The lowest BCUT2D eigenvalue weighted by Gasteiger charge is -2.49. The molecule has 2 rings (SSSR count). The van der Waals surface area contributed by atoms with E-state index in [1.807, 2.05) is 0 Å². The minimum absolute atomic E-state index is 0.109. The van der Waals surface area contributed by atoms with E-state index >= 15 is 0 Å². The van der Waals surface area contributed by atoms with E-state index < -0.39 is 5.97 Å². The molecule has 3 unspecified atom stereocenters. The third-order valence-corrected chi connectivity index (χ3v) is 5.16. The lowest BCUT2D eigenvalue weighted by Crippen LogP contribution is -2.43. The van der Waals surface area contributed by atoms with Crippen molar-refractivity contribution < 1.29 is 9.90 Å². The number of carboxylic acids is 1. The topological polar surface area (TPSA) is 37.3 Å². The molecule has 0 bridgehead atoms. The molecule has 2 aliphatic rings. The molecular formula is C14H22O2. The van der Waals surface area contributed by atoms with E-state index in [1.54, 1.807) is 0 Å². The van der Waals surface area contributed by atoms with Crippen LogP contribution in [0.5, 0.6) is 0 Å². The summed E-state index contributed by atoms with van der Waals surface area (Å²) in [6.45, 7) is 6.71. The molecule has 2 aliphatic carbocycles. The highest BCUT2D eigenvalue weighted by molar-refractivity contribution is 5.71.